The predicted molar refractivity (Wildman–Crippen MR) is 120 cm³/mol. The van der Waals surface area contributed by atoms with Gasteiger partial charge in [0.05, 0.1) is 5.02 Å². The number of anilines is 1. The van der Waals surface area contributed by atoms with Gasteiger partial charge in [-0.2, -0.15) is 16.9 Å². The largest absolute Gasteiger partial charge is 0.353 e. The van der Waals surface area contributed by atoms with E-state index in [2.05, 4.69) is 22.3 Å². The van der Waals surface area contributed by atoms with E-state index in [1.807, 2.05) is 36.2 Å². The Hall–Kier alpha value is -2.51. The molecular formula is C22H22ClFN4OS. The molecule has 4 rings (SSSR count). The van der Waals surface area contributed by atoms with Gasteiger partial charge >= 0.3 is 0 Å². The SMILES string of the molecule is O=C(Cn1cc(-c2ccccc2)c(N2CCSCC2)n1)NCc1ccc(F)c(Cl)c1. The Morgan fingerprint density at radius 1 is 1.17 bits per heavy atom. The molecule has 0 spiro atoms. The van der Waals surface area contributed by atoms with Crippen LogP contribution in [0.1, 0.15) is 5.56 Å². The van der Waals surface area contributed by atoms with Crippen molar-refractivity contribution >= 4 is 35.1 Å². The zero-order valence-corrected chi connectivity index (χ0v) is 17.9. The first kappa shape index (κ1) is 20.8. The number of aromatic nitrogens is 2. The van der Waals surface area contributed by atoms with Crippen LogP contribution >= 0.6 is 23.4 Å². The first-order chi connectivity index (χ1) is 14.6. The van der Waals surface area contributed by atoms with Crippen LogP contribution in [0, 0.1) is 5.82 Å². The van der Waals surface area contributed by atoms with Crippen molar-refractivity contribution in [1.29, 1.82) is 0 Å². The predicted octanol–water partition coefficient (Wildman–Crippen LogP) is 4.21. The minimum absolute atomic E-state index is 0.0469. The van der Waals surface area contributed by atoms with Gasteiger partial charge in [0.2, 0.25) is 5.91 Å². The van der Waals surface area contributed by atoms with Gasteiger partial charge < -0.3 is 10.2 Å². The van der Waals surface area contributed by atoms with E-state index in [9.17, 15) is 9.18 Å². The molecule has 0 bridgehead atoms. The lowest BCUT2D eigenvalue weighted by Crippen LogP contribution is -2.33. The van der Waals surface area contributed by atoms with Crippen LogP contribution in [0.3, 0.4) is 0 Å². The molecule has 30 heavy (non-hydrogen) atoms. The lowest BCUT2D eigenvalue weighted by Gasteiger charge is -2.27. The maximum Gasteiger partial charge on any atom is 0.241 e. The molecule has 0 unspecified atom stereocenters. The Morgan fingerprint density at radius 3 is 2.67 bits per heavy atom. The number of nitrogens with zero attached hydrogens (tertiary/aromatic N) is 3. The average Bonchev–Trinajstić information content (AvgIpc) is 3.19. The van der Waals surface area contributed by atoms with Gasteiger partial charge in [-0.05, 0) is 23.3 Å². The molecule has 2 heterocycles. The van der Waals surface area contributed by atoms with E-state index in [1.165, 1.54) is 12.1 Å². The maximum atomic E-state index is 13.3. The number of carbonyl (C=O) groups excluding carboxylic acids is 1. The summed E-state index contributed by atoms with van der Waals surface area (Å²) < 4.78 is 15.0. The number of hydrogen-bond acceptors (Lipinski definition) is 4. The second kappa shape index (κ2) is 9.53. The summed E-state index contributed by atoms with van der Waals surface area (Å²) in [5, 5.41) is 7.62. The molecule has 1 fully saturated rings. The molecule has 1 aromatic heterocycles. The molecule has 156 valence electrons. The molecular weight excluding hydrogens is 423 g/mol. The van der Waals surface area contributed by atoms with Crippen molar-refractivity contribution in [2.75, 3.05) is 29.5 Å². The molecule has 0 aliphatic carbocycles. The monoisotopic (exact) mass is 444 g/mol. The van der Waals surface area contributed by atoms with Crippen LogP contribution < -0.4 is 10.2 Å². The van der Waals surface area contributed by atoms with E-state index in [4.69, 9.17) is 16.7 Å². The van der Waals surface area contributed by atoms with E-state index in [0.29, 0.717) is 0 Å². The molecule has 8 heteroatoms. The van der Waals surface area contributed by atoms with Crippen LogP contribution in [-0.2, 0) is 17.9 Å². The Balaban J connectivity index is 1.48. The quantitative estimate of drug-likeness (QED) is 0.618. The van der Waals surface area contributed by atoms with Gasteiger partial charge in [-0.15, -0.1) is 0 Å². The first-order valence-corrected chi connectivity index (χ1v) is 11.3. The first-order valence-electron chi connectivity index (χ1n) is 9.76. The van der Waals surface area contributed by atoms with Gasteiger partial charge in [-0.3, -0.25) is 9.48 Å². The van der Waals surface area contributed by atoms with E-state index >= 15 is 0 Å². The number of carbonyl (C=O) groups is 1. The molecule has 0 radical (unpaired) electrons. The molecule has 1 aliphatic rings. The lowest BCUT2D eigenvalue weighted by molar-refractivity contribution is -0.122. The molecule has 1 saturated heterocycles. The standard InChI is InChI=1S/C22H22ClFN4OS/c23-19-12-16(6-7-20(19)24)13-25-21(29)15-28-14-18(17-4-2-1-3-5-17)22(26-28)27-8-10-30-11-9-27/h1-7,12,14H,8-11,13,15H2,(H,25,29). The summed E-state index contributed by atoms with van der Waals surface area (Å²) in [7, 11) is 0. The fourth-order valence-corrected chi connectivity index (χ4v) is 4.48. The van der Waals surface area contributed by atoms with E-state index in [-0.39, 0.29) is 24.0 Å². The van der Waals surface area contributed by atoms with Crippen LogP contribution in [0.15, 0.2) is 54.7 Å². The molecule has 1 amide bonds. The van der Waals surface area contributed by atoms with Gasteiger partial charge in [0.1, 0.15) is 12.4 Å². The second-order valence-corrected chi connectivity index (χ2v) is 8.69. The van der Waals surface area contributed by atoms with Crippen LogP contribution in [0.5, 0.6) is 0 Å². The summed E-state index contributed by atoms with van der Waals surface area (Å²) in [4.78, 5) is 14.8. The van der Waals surface area contributed by atoms with Crippen LogP contribution in [0.25, 0.3) is 11.1 Å². The van der Waals surface area contributed by atoms with Crippen molar-refractivity contribution in [1.82, 2.24) is 15.1 Å². The highest BCUT2D eigenvalue weighted by atomic mass is 35.5. The number of benzene rings is 2. The minimum atomic E-state index is -0.472. The highest BCUT2D eigenvalue weighted by Gasteiger charge is 2.20. The van der Waals surface area contributed by atoms with Gasteiger partial charge in [-0.25, -0.2) is 4.39 Å². The molecule has 2 aromatic carbocycles. The third kappa shape index (κ3) is 4.96. The lowest BCUT2D eigenvalue weighted by atomic mass is 10.1. The summed E-state index contributed by atoms with van der Waals surface area (Å²) in [6.07, 6.45) is 1.93. The normalized spacial score (nSPS) is 14.0. The minimum Gasteiger partial charge on any atom is -0.353 e. The van der Waals surface area contributed by atoms with Gasteiger partial charge in [0.15, 0.2) is 5.82 Å². The van der Waals surface area contributed by atoms with Crippen molar-refractivity contribution in [3.8, 4) is 11.1 Å². The van der Waals surface area contributed by atoms with Crippen molar-refractivity contribution in [2.24, 2.45) is 0 Å². The van der Waals surface area contributed by atoms with Crippen LogP contribution in [-0.4, -0.2) is 40.3 Å². The van der Waals surface area contributed by atoms with E-state index in [0.717, 1.165) is 47.1 Å². The van der Waals surface area contributed by atoms with Crippen molar-refractivity contribution in [3.63, 3.8) is 0 Å². The Bertz CT molecular complexity index is 1020. The molecule has 0 atom stereocenters. The van der Waals surface area contributed by atoms with E-state index in [1.54, 1.807) is 10.7 Å². The summed E-state index contributed by atoms with van der Waals surface area (Å²) in [6, 6.07) is 14.5. The van der Waals surface area contributed by atoms with E-state index < -0.39 is 5.82 Å². The van der Waals surface area contributed by atoms with Crippen molar-refractivity contribution in [3.05, 3.63) is 71.1 Å². The molecule has 1 aliphatic heterocycles. The third-order valence-corrected chi connectivity index (χ3v) is 6.15. The number of amides is 1. The number of nitrogens with one attached hydrogen (secondary N) is 1. The summed E-state index contributed by atoms with van der Waals surface area (Å²) in [5.74, 6) is 2.42. The fourth-order valence-electron chi connectivity index (χ4n) is 3.38. The summed E-state index contributed by atoms with van der Waals surface area (Å²) >= 11 is 7.75. The zero-order chi connectivity index (χ0) is 20.9. The number of rotatable bonds is 6. The highest BCUT2D eigenvalue weighted by Crippen LogP contribution is 2.31. The molecule has 3 aromatic rings. The van der Waals surface area contributed by atoms with Gasteiger partial charge in [0.25, 0.3) is 0 Å². The van der Waals surface area contributed by atoms with Crippen molar-refractivity contribution in [2.45, 2.75) is 13.1 Å². The number of thioether (sulfide) groups is 1. The van der Waals surface area contributed by atoms with Gasteiger partial charge in [0, 0.05) is 42.9 Å². The molecule has 1 N–H and O–H groups in total. The summed E-state index contributed by atoms with van der Waals surface area (Å²) in [6.45, 7) is 2.28. The number of halogens is 2. The summed E-state index contributed by atoms with van der Waals surface area (Å²) in [5.41, 5.74) is 2.85. The molecule has 0 saturated carbocycles. The zero-order valence-electron chi connectivity index (χ0n) is 16.4. The van der Waals surface area contributed by atoms with Crippen LogP contribution in [0.4, 0.5) is 10.2 Å². The topological polar surface area (TPSA) is 50.2 Å². The fraction of sp³-hybridized carbons (Fsp3) is 0.273. The molecule has 5 nitrogen and oxygen atoms in total. The number of hydrogen-bond donors (Lipinski definition) is 1. The van der Waals surface area contributed by atoms with Crippen molar-refractivity contribution < 1.29 is 9.18 Å². The van der Waals surface area contributed by atoms with Crippen LogP contribution in [0.2, 0.25) is 5.02 Å². The maximum absolute atomic E-state index is 13.3. The third-order valence-electron chi connectivity index (χ3n) is 4.92. The second-order valence-electron chi connectivity index (χ2n) is 7.05. The average molecular weight is 445 g/mol. The highest BCUT2D eigenvalue weighted by molar-refractivity contribution is 7.99. The van der Waals surface area contributed by atoms with Gasteiger partial charge in [-0.1, -0.05) is 48.0 Å². The smallest absolute Gasteiger partial charge is 0.241 e. The Labute approximate surface area is 184 Å². The Morgan fingerprint density at radius 2 is 1.93 bits per heavy atom. The Kier molecular flexibility index (Phi) is 6.59.